The molecule has 94 valence electrons. The van der Waals surface area contributed by atoms with Gasteiger partial charge in [0.15, 0.2) is 0 Å². The first-order chi connectivity index (χ1) is 8.36. The summed E-state index contributed by atoms with van der Waals surface area (Å²) in [6.07, 6.45) is -4.40. The van der Waals surface area contributed by atoms with Gasteiger partial charge in [0.1, 0.15) is 5.82 Å². The maximum atomic E-state index is 12.6. The van der Waals surface area contributed by atoms with Gasteiger partial charge in [-0.15, -0.1) is 0 Å². The van der Waals surface area contributed by atoms with E-state index in [0.717, 1.165) is 12.1 Å². The first-order valence-electron chi connectivity index (χ1n) is 4.84. The standard InChI is InChI=1S/C11H7ClF3N3/c12-10-17-8(5-9(16)18-10)6-2-1-3-7(4-6)11(13,14)15/h1-5H,(H2,16,17,18). The maximum Gasteiger partial charge on any atom is 0.416 e. The number of alkyl halides is 3. The van der Waals surface area contributed by atoms with Gasteiger partial charge in [0, 0.05) is 11.6 Å². The minimum atomic E-state index is -4.40. The highest BCUT2D eigenvalue weighted by Crippen LogP contribution is 2.32. The van der Waals surface area contributed by atoms with Crippen LogP contribution in [0.25, 0.3) is 11.3 Å². The van der Waals surface area contributed by atoms with Crippen LogP contribution >= 0.6 is 11.6 Å². The van der Waals surface area contributed by atoms with Crippen LogP contribution in [-0.2, 0) is 6.18 Å². The van der Waals surface area contributed by atoms with Crippen LogP contribution in [0.15, 0.2) is 30.3 Å². The molecule has 0 bridgehead atoms. The van der Waals surface area contributed by atoms with E-state index >= 15 is 0 Å². The minimum absolute atomic E-state index is 0.0995. The average Bonchev–Trinajstić information content (AvgIpc) is 2.27. The number of anilines is 1. The molecule has 0 aliphatic rings. The van der Waals surface area contributed by atoms with E-state index in [1.165, 1.54) is 18.2 Å². The van der Waals surface area contributed by atoms with Crippen LogP contribution in [-0.4, -0.2) is 9.97 Å². The van der Waals surface area contributed by atoms with Gasteiger partial charge >= 0.3 is 6.18 Å². The van der Waals surface area contributed by atoms with Crippen molar-refractivity contribution in [1.29, 1.82) is 0 Å². The zero-order valence-electron chi connectivity index (χ0n) is 8.87. The molecule has 2 rings (SSSR count). The number of nitrogens with two attached hydrogens (primary N) is 1. The summed E-state index contributed by atoms with van der Waals surface area (Å²) in [6, 6.07) is 6.12. The molecule has 1 aromatic carbocycles. The number of nitrogens with zero attached hydrogens (tertiary/aromatic N) is 2. The predicted molar refractivity (Wildman–Crippen MR) is 61.9 cm³/mol. The van der Waals surface area contributed by atoms with Crippen LogP contribution in [0.5, 0.6) is 0 Å². The molecular formula is C11H7ClF3N3. The molecule has 0 aliphatic heterocycles. The smallest absolute Gasteiger partial charge is 0.384 e. The second kappa shape index (κ2) is 4.45. The molecule has 0 saturated heterocycles. The van der Waals surface area contributed by atoms with E-state index in [1.54, 1.807) is 0 Å². The van der Waals surface area contributed by atoms with Gasteiger partial charge in [-0.3, -0.25) is 0 Å². The van der Waals surface area contributed by atoms with Gasteiger partial charge in [-0.2, -0.15) is 13.2 Å². The molecule has 7 heteroatoms. The Morgan fingerprint density at radius 2 is 1.83 bits per heavy atom. The van der Waals surface area contributed by atoms with Crippen molar-refractivity contribution in [2.45, 2.75) is 6.18 Å². The molecule has 2 aromatic rings. The van der Waals surface area contributed by atoms with Crippen LogP contribution in [0, 0.1) is 0 Å². The molecule has 0 radical (unpaired) electrons. The topological polar surface area (TPSA) is 51.8 Å². The number of aromatic nitrogens is 2. The van der Waals surface area contributed by atoms with E-state index in [4.69, 9.17) is 17.3 Å². The molecule has 0 fully saturated rings. The fourth-order valence-electron chi connectivity index (χ4n) is 1.44. The zero-order chi connectivity index (χ0) is 13.3. The Labute approximate surface area is 105 Å². The van der Waals surface area contributed by atoms with Crippen LogP contribution in [0.2, 0.25) is 5.28 Å². The van der Waals surface area contributed by atoms with E-state index < -0.39 is 11.7 Å². The van der Waals surface area contributed by atoms with E-state index in [9.17, 15) is 13.2 Å². The van der Waals surface area contributed by atoms with E-state index in [1.807, 2.05) is 0 Å². The molecule has 18 heavy (non-hydrogen) atoms. The van der Waals surface area contributed by atoms with Crippen LogP contribution in [0.4, 0.5) is 19.0 Å². The van der Waals surface area contributed by atoms with Gasteiger partial charge in [-0.25, -0.2) is 9.97 Å². The molecule has 0 saturated carbocycles. The highest BCUT2D eigenvalue weighted by molar-refractivity contribution is 6.28. The van der Waals surface area contributed by atoms with Crippen molar-refractivity contribution >= 4 is 17.4 Å². The van der Waals surface area contributed by atoms with Gasteiger partial charge in [0.2, 0.25) is 5.28 Å². The number of hydrogen-bond donors (Lipinski definition) is 1. The first-order valence-corrected chi connectivity index (χ1v) is 5.22. The number of hydrogen-bond acceptors (Lipinski definition) is 3. The van der Waals surface area contributed by atoms with Crippen molar-refractivity contribution < 1.29 is 13.2 Å². The molecular weight excluding hydrogens is 267 g/mol. The summed E-state index contributed by atoms with van der Waals surface area (Å²) in [7, 11) is 0. The molecule has 1 heterocycles. The van der Waals surface area contributed by atoms with E-state index in [2.05, 4.69) is 9.97 Å². The molecule has 0 atom stereocenters. The second-order valence-electron chi connectivity index (χ2n) is 3.53. The van der Waals surface area contributed by atoms with E-state index in [0.29, 0.717) is 0 Å². The van der Waals surface area contributed by atoms with Gasteiger partial charge in [0.25, 0.3) is 0 Å². The molecule has 0 unspecified atom stereocenters. The molecule has 0 aliphatic carbocycles. The average molecular weight is 274 g/mol. The Morgan fingerprint density at radius 1 is 1.11 bits per heavy atom. The largest absolute Gasteiger partial charge is 0.416 e. The normalized spacial score (nSPS) is 11.6. The number of rotatable bonds is 1. The van der Waals surface area contributed by atoms with Crippen molar-refractivity contribution in [3.05, 3.63) is 41.2 Å². The van der Waals surface area contributed by atoms with Crippen LogP contribution < -0.4 is 5.73 Å². The number of nitrogen functional groups attached to an aromatic ring is 1. The lowest BCUT2D eigenvalue weighted by molar-refractivity contribution is -0.137. The molecule has 0 spiro atoms. The highest BCUT2D eigenvalue weighted by atomic mass is 35.5. The molecule has 0 amide bonds. The lowest BCUT2D eigenvalue weighted by Gasteiger charge is -2.08. The molecule has 2 N–H and O–H groups in total. The summed E-state index contributed by atoms with van der Waals surface area (Å²) in [4.78, 5) is 7.48. The second-order valence-corrected chi connectivity index (χ2v) is 3.86. The van der Waals surface area contributed by atoms with Crippen molar-refractivity contribution in [2.24, 2.45) is 0 Å². The summed E-state index contributed by atoms with van der Waals surface area (Å²) >= 11 is 5.61. The Kier molecular flexibility index (Phi) is 3.13. The SMILES string of the molecule is Nc1cc(-c2cccc(C(F)(F)F)c2)nc(Cl)n1. The van der Waals surface area contributed by atoms with Gasteiger partial charge < -0.3 is 5.73 Å². The summed E-state index contributed by atoms with van der Waals surface area (Å²) in [6.45, 7) is 0. The summed E-state index contributed by atoms with van der Waals surface area (Å²) in [5.41, 5.74) is 5.23. The van der Waals surface area contributed by atoms with Crippen molar-refractivity contribution in [2.75, 3.05) is 5.73 Å². The Bertz CT molecular complexity index is 564. The Balaban J connectivity index is 2.51. The summed E-state index contributed by atoms with van der Waals surface area (Å²) in [5, 5.41) is -0.109. The van der Waals surface area contributed by atoms with Crippen molar-refractivity contribution in [3.8, 4) is 11.3 Å². The Hall–Kier alpha value is -1.82. The lowest BCUT2D eigenvalue weighted by Crippen LogP contribution is -2.04. The van der Waals surface area contributed by atoms with Gasteiger partial charge in [-0.1, -0.05) is 12.1 Å². The maximum absolute atomic E-state index is 12.6. The minimum Gasteiger partial charge on any atom is -0.384 e. The fraction of sp³-hybridized carbons (Fsp3) is 0.0909. The highest BCUT2D eigenvalue weighted by Gasteiger charge is 2.30. The molecule has 3 nitrogen and oxygen atoms in total. The lowest BCUT2D eigenvalue weighted by atomic mass is 10.1. The van der Waals surface area contributed by atoms with Crippen LogP contribution in [0.3, 0.4) is 0 Å². The van der Waals surface area contributed by atoms with Crippen molar-refractivity contribution in [1.82, 2.24) is 9.97 Å². The number of benzene rings is 1. The predicted octanol–water partition coefficient (Wildman–Crippen LogP) is 3.40. The third kappa shape index (κ3) is 2.70. The Morgan fingerprint density at radius 3 is 2.44 bits per heavy atom. The zero-order valence-corrected chi connectivity index (χ0v) is 9.63. The quantitative estimate of drug-likeness (QED) is 0.810. The van der Waals surface area contributed by atoms with Crippen LogP contribution in [0.1, 0.15) is 5.56 Å². The monoisotopic (exact) mass is 273 g/mol. The van der Waals surface area contributed by atoms with Gasteiger partial charge in [0.05, 0.1) is 11.3 Å². The summed E-state index contributed by atoms with van der Waals surface area (Å²) < 4.78 is 37.7. The molecule has 1 aromatic heterocycles. The summed E-state index contributed by atoms with van der Waals surface area (Å²) in [5.74, 6) is 0.0995. The first kappa shape index (κ1) is 12.6. The third-order valence-corrected chi connectivity index (χ3v) is 2.37. The fourth-order valence-corrected chi connectivity index (χ4v) is 1.63. The third-order valence-electron chi connectivity index (χ3n) is 2.20. The number of halogens is 4. The van der Waals surface area contributed by atoms with Crippen molar-refractivity contribution in [3.63, 3.8) is 0 Å². The van der Waals surface area contributed by atoms with E-state index in [-0.39, 0.29) is 22.4 Å². The van der Waals surface area contributed by atoms with Gasteiger partial charge in [-0.05, 0) is 23.7 Å².